The molecule has 6 aromatic carbocycles. The molecule has 2 heteroatoms. The fourth-order valence-electron chi connectivity index (χ4n) is 5.73. The maximum atomic E-state index is 6.38. The molecule has 0 fully saturated rings. The molecule has 0 amide bonds. The molecule has 8 aromatic rings. The van der Waals surface area contributed by atoms with Crippen molar-refractivity contribution in [3.63, 3.8) is 0 Å². The Morgan fingerprint density at radius 3 is 2.00 bits per heavy atom. The Morgan fingerprint density at radius 2 is 1.14 bits per heavy atom. The van der Waals surface area contributed by atoms with Gasteiger partial charge in [-0.05, 0) is 45.5 Å². The van der Waals surface area contributed by atoms with E-state index in [1.54, 1.807) is 0 Å². The second-order valence-corrected chi connectivity index (χ2v) is 9.54. The average molecular weight is 472 g/mol. The third-order valence-corrected chi connectivity index (χ3v) is 7.47. The van der Waals surface area contributed by atoms with Gasteiger partial charge in [-0.3, -0.25) is 0 Å². The molecule has 2 heterocycles. The lowest BCUT2D eigenvalue weighted by atomic mass is 9.95. The van der Waals surface area contributed by atoms with Gasteiger partial charge in [0.1, 0.15) is 11.2 Å². The zero-order valence-electron chi connectivity index (χ0n) is 20.0. The molecular formula is C35H21NO. The van der Waals surface area contributed by atoms with Crippen LogP contribution in [0.3, 0.4) is 0 Å². The van der Waals surface area contributed by atoms with E-state index in [4.69, 9.17) is 9.40 Å². The molecule has 0 spiro atoms. The van der Waals surface area contributed by atoms with Gasteiger partial charge < -0.3 is 4.42 Å². The predicted octanol–water partition coefficient (Wildman–Crippen LogP) is 9.77. The van der Waals surface area contributed by atoms with Crippen LogP contribution in [-0.4, -0.2) is 4.98 Å². The van der Waals surface area contributed by atoms with Crippen LogP contribution in [0.1, 0.15) is 0 Å². The SMILES string of the molecule is c1ccc2c(-c3ccc(-c4nc5ccc6c7ccccc7oc6c5c5ccccc45)cc3)cccc2c1. The Morgan fingerprint density at radius 1 is 0.459 bits per heavy atom. The first-order valence-corrected chi connectivity index (χ1v) is 12.6. The van der Waals surface area contributed by atoms with E-state index in [-0.39, 0.29) is 0 Å². The monoisotopic (exact) mass is 471 g/mol. The molecule has 37 heavy (non-hydrogen) atoms. The second kappa shape index (κ2) is 7.78. The normalized spacial score (nSPS) is 11.8. The van der Waals surface area contributed by atoms with Crippen molar-refractivity contribution < 1.29 is 4.42 Å². The van der Waals surface area contributed by atoms with E-state index in [0.29, 0.717) is 0 Å². The van der Waals surface area contributed by atoms with E-state index in [1.165, 1.54) is 21.9 Å². The number of aromatic nitrogens is 1. The minimum Gasteiger partial charge on any atom is -0.455 e. The summed E-state index contributed by atoms with van der Waals surface area (Å²) in [4.78, 5) is 5.19. The minimum atomic E-state index is 0.903. The topological polar surface area (TPSA) is 26.0 Å². The van der Waals surface area contributed by atoms with E-state index >= 15 is 0 Å². The summed E-state index contributed by atoms with van der Waals surface area (Å²) in [7, 11) is 0. The lowest BCUT2D eigenvalue weighted by molar-refractivity contribution is 0.673. The Bertz CT molecular complexity index is 2130. The summed E-state index contributed by atoms with van der Waals surface area (Å²) in [5, 5.41) is 8.13. The summed E-state index contributed by atoms with van der Waals surface area (Å²) in [5.41, 5.74) is 7.29. The van der Waals surface area contributed by atoms with Crippen molar-refractivity contribution in [3.05, 3.63) is 127 Å². The molecule has 0 aliphatic rings. The number of benzene rings is 6. The van der Waals surface area contributed by atoms with Crippen LogP contribution >= 0.6 is 0 Å². The highest BCUT2D eigenvalue weighted by molar-refractivity contribution is 6.23. The third kappa shape index (κ3) is 3.03. The zero-order valence-corrected chi connectivity index (χ0v) is 20.0. The Balaban J connectivity index is 1.35. The van der Waals surface area contributed by atoms with Gasteiger partial charge in [-0.2, -0.15) is 0 Å². The van der Waals surface area contributed by atoms with Crippen molar-refractivity contribution in [2.24, 2.45) is 0 Å². The molecule has 0 bridgehead atoms. The van der Waals surface area contributed by atoms with Crippen molar-refractivity contribution in [1.29, 1.82) is 0 Å². The summed E-state index contributed by atoms with van der Waals surface area (Å²) in [6.45, 7) is 0. The Labute approximate surface area is 213 Å². The minimum absolute atomic E-state index is 0.903. The van der Waals surface area contributed by atoms with Crippen LogP contribution in [0, 0.1) is 0 Å². The summed E-state index contributed by atoms with van der Waals surface area (Å²) in [6.07, 6.45) is 0. The number of furan rings is 1. The molecule has 0 N–H and O–H groups in total. The molecule has 0 saturated carbocycles. The Hall–Kier alpha value is -4.95. The molecule has 0 aliphatic heterocycles. The van der Waals surface area contributed by atoms with E-state index < -0.39 is 0 Å². The lowest BCUT2D eigenvalue weighted by Gasteiger charge is -2.12. The van der Waals surface area contributed by atoms with Gasteiger partial charge in [0, 0.05) is 21.7 Å². The highest BCUT2D eigenvalue weighted by Crippen LogP contribution is 2.40. The van der Waals surface area contributed by atoms with Crippen molar-refractivity contribution >= 4 is 54.4 Å². The van der Waals surface area contributed by atoms with Crippen LogP contribution in [0.5, 0.6) is 0 Å². The number of rotatable bonds is 2. The molecule has 2 nitrogen and oxygen atoms in total. The van der Waals surface area contributed by atoms with Gasteiger partial charge in [0.15, 0.2) is 0 Å². The highest BCUT2D eigenvalue weighted by atomic mass is 16.3. The van der Waals surface area contributed by atoms with E-state index in [0.717, 1.165) is 54.9 Å². The molecule has 0 saturated heterocycles. The van der Waals surface area contributed by atoms with Gasteiger partial charge in [-0.25, -0.2) is 4.98 Å². The van der Waals surface area contributed by atoms with Gasteiger partial charge in [0.05, 0.1) is 16.6 Å². The molecule has 8 rings (SSSR count). The van der Waals surface area contributed by atoms with E-state index in [1.807, 2.05) is 12.1 Å². The first-order chi connectivity index (χ1) is 18.3. The van der Waals surface area contributed by atoms with Crippen LogP contribution in [0.4, 0.5) is 0 Å². The fourth-order valence-corrected chi connectivity index (χ4v) is 5.73. The van der Waals surface area contributed by atoms with Crippen LogP contribution in [0.25, 0.3) is 76.8 Å². The number of pyridine rings is 1. The van der Waals surface area contributed by atoms with E-state index in [2.05, 4.69) is 115 Å². The van der Waals surface area contributed by atoms with Gasteiger partial charge in [0.25, 0.3) is 0 Å². The zero-order chi connectivity index (χ0) is 24.3. The Kier molecular flexibility index (Phi) is 4.26. The fraction of sp³-hybridized carbons (Fsp3) is 0. The van der Waals surface area contributed by atoms with Crippen molar-refractivity contribution in [2.75, 3.05) is 0 Å². The molecule has 0 radical (unpaired) electrons. The quantitative estimate of drug-likeness (QED) is 0.235. The van der Waals surface area contributed by atoms with Crippen LogP contribution in [0.15, 0.2) is 132 Å². The predicted molar refractivity (Wildman–Crippen MR) is 155 cm³/mol. The number of fused-ring (bicyclic) bond motifs is 8. The van der Waals surface area contributed by atoms with E-state index in [9.17, 15) is 0 Å². The molecule has 0 aliphatic carbocycles. The first kappa shape index (κ1) is 20.3. The molecule has 0 unspecified atom stereocenters. The lowest BCUT2D eigenvalue weighted by Crippen LogP contribution is -1.90. The summed E-state index contributed by atoms with van der Waals surface area (Å²) < 4.78 is 6.38. The molecular weight excluding hydrogens is 450 g/mol. The second-order valence-electron chi connectivity index (χ2n) is 9.54. The highest BCUT2D eigenvalue weighted by Gasteiger charge is 2.16. The van der Waals surface area contributed by atoms with Crippen LogP contribution in [0.2, 0.25) is 0 Å². The smallest absolute Gasteiger partial charge is 0.145 e. The van der Waals surface area contributed by atoms with Crippen LogP contribution < -0.4 is 0 Å². The van der Waals surface area contributed by atoms with Crippen LogP contribution in [-0.2, 0) is 0 Å². The maximum absolute atomic E-state index is 6.38. The summed E-state index contributed by atoms with van der Waals surface area (Å²) >= 11 is 0. The average Bonchev–Trinajstić information content (AvgIpc) is 3.35. The van der Waals surface area contributed by atoms with Gasteiger partial charge in [-0.1, -0.05) is 109 Å². The van der Waals surface area contributed by atoms with Gasteiger partial charge in [0.2, 0.25) is 0 Å². The van der Waals surface area contributed by atoms with Crippen molar-refractivity contribution in [2.45, 2.75) is 0 Å². The first-order valence-electron chi connectivity index (χ1n) is 12.6. The number of hydrogen-bond donors (Lipinski definition) is 0. The molecule has 172 valence electrons. The van der Waals surface area contributed by atoms with Crippen molar-refractivity contribution in [3.8, 4) is 22.4 Å². The summed E-state index contributed by atoms with van der Waals surface area (Å²) in [5.74, 6) is 0. The maximum Gasteiger partial charge on any atom is 0.145 e. The molecule has 0 atom stereocenters. The number of hydrogen-bond acceptors (Lipinski definition) is 2. The number of nitrogens with zero attached hydrogens (tertiary/aromatic N) is 1. The standard InChI is InChI=1S/C35H21NO/c1-2-10-25-22(8-1)9-7-14-26(25)23-16-18-24(19-17-23)34-29-13-4-3-12-28(29)33-31(36-34)21-20-30-27-11-5-6-15-32(27)37-35(30)33/h1-21H. The summed E-state index contributed by atoms with van der Waals surface area (Å²) in [6, 6.07) is 44.8. The van der Waals surface area contributed by atoms with Gasteiger partial charge >= 0.3 is 0 Å². The largest absolute Gasteiger partial charge is 0.455 e. The molecule has 2 aromatic heterocycles. The third-order valence-electron chi connectivity index (χ3n) is 7.47. The van der Waals surface area contributed by atoms with Gasteiger partial charge in [-0.15, -0.1) is 0 Å². The van der Waals surface area contributed by atoms with Crippen molar-refractivity contribution in [1.82, 2.24) is 4.98 Å². The number of para-hydroxylation sites is 1.